The van der Waals surface area contributed by atoms with Crippen molar-refractivity contribution < 1.29 is 33.7 Å². The maximum atomic E-state index is 13.2. The van der Waals surface area contributed by atoms with E-state index in [9.17, 15) is 19.5 Å². The van der Waals surface area contributed by atoms with Crippen LogP contribution in [0.4, 0.5) is 17.1 Å². The molecule has 0 bridgehead atoms. The van der Waals surface area contributed by atoms with E-state index in [1.165, 1.54) is 44.6 Å². The van der Waals surface area contributed by atoms with Gasteiger partial charge in [0.05, 0.1) is 42.8 Å². The number of carbonyl (C=O) groups excluding carboxylic acids is 2. The third-order valence-electron chi connectivity index (χ3n) is 5.03. The highest BCUT2D eigenvalue weighted by Gasteiger charge is 2.23. The summed E-state index contributed by atoms with van der Waals surface area (Å²) >= 11 is 0. The van der Waals surface area contributed by atoms with Crippen molar-refractivity contribution in [1.29, 1.82) is 0 Å². The molecule has 2 amide bonds. The van der Waals surface area contributed by atoms with Gasteiger partial charge in [-0.15, -0.1) is 0 Å². The third-order valence-corrected chi connectivity index (χ3v) is 5.03. The standard InChI is InChI=1S/C26H27N3O7/c1-14(2)36-21-13-16(26(32)33)7-11-19(21)28-25(31)18-10-12-20(23(35-4)22(18)34-3)29-24(30)15-5-8-17(27)9-6-15/h5-14H,27H2,1-4H3,(H,28,31)(H,29,30)(H,32,33). The molecule has 0 heterocycles. The van der Waals surface area contributed by atoms with Crippen LogP contribution in [-0.2, 0) is 0 Å². The molecule has 3 aromatic carbocycles. The number of anilines is 3. The minimum Gasteiger partial charge on any atom is -0.492 e. The number of carboxylic acids is 1. The van der Waals surface area contributed by atoms with Crippen LogP contribution >= 0.6 is 0 Å². The van der Waals surface area contributed by atoms with Gasteiger partial charge in [-0.2, -0.15) is 0 Å². The summed E-state index contributed by atoms with van der Waals surface area (Å²) in [6, 6.07) is 13.5. The maximum Gasteiger partial charge on any atom is 0.335 e. The molecule has 0 radical (unpaired) electrons. The number of amides is 2. The Bertz CT molecular complexity index is 1290. The molecule has 0 aliphatic rings. The summed E-state index contributed by atoms with van der Waals surface area (Å²) in [5.74, 6) is -1.63. The molecule has 0 unspecified atom stereocenters. The lowest BCUT2D eigenvalue weighted by Crippen LogP contribution is -2.17. The molecule has 0 aliphatic heterocycles. The molecule has 0 saturated carbocycles. The number of carbonyl (C=O) groups is 3. The van der Waals surface area contributed by atoms with E-state index in [2.05, 4.69) is 10.6 Å². The van der Waals surface area contributed by atoms with Crippen molar-refractivity contribution in [2.24, 2.45) is 0 Å². The molecule has 0 fully saturated rings. The van der Waals surface area contributed by atoms with E-state index in [1.807, 2.05) is 0 Å². The zero-order chi connectivity index (χ0) is 26.4. The van der Waals surface area contributed by atoms with Gasteiger partial charge in [0.15, 0.2) is 11.5 Å². The van der Waals surface area contributed by atoms with Gasteiger partial charge in [0.2, 0.25) is 0 Å². The number of benzene rings is 3. The summed E-state index contributed by atoms with van der Waals surface area (Å²) in [6.45, 7) is 3.56. The van der Waals surface area contributed by atoms with Gasteiger partial charge in [0, 0.05) is 11.3 Å². The Morgan fingerprint density at radius 3 is 1.97 bits per heavy atom. The Morgan fingerprint density at radius 1 is 0.806 bits per heavy atom. The smallest absolute Gasteiger partial charge is 0.335 e. The van der Waals surface area contributed by atoms with Crippen LogP contribution in [0, 0.1) is 0 Å². The number of hydrogen-bond acceptors (Lipinski definition) is 7. The lowest BCUT2D eigenvalue weighted by Gasteiger charge is -2.18. The SMILES string of the molecule is COc1c(NC(=O)c2ccc(N)cc2)ccc(C(=O)Nc2ccc(C(=O)O)cc2OC(C)C)c1OC. The van der Waals surface area contributed by atoms with Crippen molar-refractivity contribution in [2.45, 2.75) is 20.0 Å². The second kappa shape index (κ2) is 11.1. The van der Waals surface area contributed by atoms with Gasteiger partial charge in [-0.05, 0) is 68.4 Å². The van der Waals surface area contributed by atoms with Crippen LogP contribution < -0.4 is 30.6 Å². The molecule has 10 heteroatoms. The molecule has 0 saturated heterocycles. The summed E-state index contributed by atoms with van der Waals surface area (Å²) < 4.78 is 16.6. The Morgan fingerprint density at radius 2 is 1.39 bits per heavy atom. The lowest BCUT2D eigenvalue weighted by atomic mass is 10.1. The Kier molecular flexibility index (Phi) is 8.00. The highest BCUT2D eigenvalue weighted by atomic mass is 16.5. The number of nitrogen functional groups attached to an aromatic ring is 1. The summed E-state index contributed by atoms with van der Waals surface area (Å²) in [7, 11) is 2.76. The van der Waals surface area contributed by atoms with Crippen LogP contribution in [0.15, 0.2) is 54.6 Å². The molecule has 188 valence electrons. The van der Waals surface area contributed by atoms with Crippen molar-refractivity contribution in [3.8, 4) is 17.2 Å². The van der Waals surface area contributed by atoms with Gasteiger partial charge >= 0.3 is 5.97 Å². The van der Waals surface area contributed by atoms with Gasteiger partial charge in [-0.1, -0.05) is 0 Å². The Labute approximate surface area is 208 Å². The first-order valence-electron chi connectivity index (χ1n) is 10.9. The maximum absolute atomic E-state index is 13.2. The Hall–Kier alpha value is -4.73. The van der Waals surface area contributed by atoms with Crippen LogP contribution in [0.1, 0.15) is 44.9 Å². The molecule has 0 spiro atoms. The van der Waals surface area contributed by atoms with E-state index in [0.717, 1.165) is 0 Å². The second-order valence-corrected chi connectivity index (χ2v) is 7.94. The fraction of sp³-hybridized carbons (Fsp3) is 0.192. The first kappa shape index (κ1) is 25.9. The molecular formula is C26H27N3O7. The highest BCUT2D eigenvalue weighted by Crippen LogP contribution is 2.39. The van der Waals surface area contributed by atoms with E-state index in [1.54, 1.807) is 38.1 Å². The van der Waals surface area contributed by atoms with Crippen LogP contribution in [0.2, 0.25) is 0 Å². The van der Waals surface area contributed by atoms with Crippen LogP contribution in [0.5, 0.6) is 17.2 Å². The molecule has 5 N–H and O–H groups in total. The second-order valence-electron chi connectivity index (χ2n) is 7.94. The monoisotopic (exact) mass is 493 g/mol. The quantitative estimate of drug-likeness (QED) is 0.323. The van der Waals surface area contributed by atoms with Gasteiger partial charge in [-0.25, -0.2) is 4.79 Å². The molecule has 3 aromatic rings. The number of aromatic carboxylic acids is 1. The average molecular weight is 494 g/mol. The van der Waals surface area contributed by atoms with Gasteiger partial charge in [0.1, 0.15) is 5.75 Å². The Balaban J connectivity index is 1.92. The van der Waals surface area contributed by atoms with Crippen LogP contribution in [0.3, 0.4) is 0 Å². The fourth-order valence-corrected chi connectivity index (χ4v) is 3.37. The minimum atomic E-state index is -1.12. The van der Waals surface area contributed by atoms with E-state index in [-0.39, 0.29) is 40.2 Å². The first-order valence-corrected chi connectivity index (χ1v) is 10.9. The van der Waals surface area contributed by atoms with E-state index in [4.69, 9.17) is 19.9 Å². The van der Waals surface area contributed by atoms with Gasteiger partial charge in [-0.3, -0.25) is 9.59 Å². The van der Waals surface area contributed by atoms with E-state index in [0.29, 0.717) is 16.9 Å². The number of carboxylic acid groups (broad SMARTS) is 1. The summed E-state index contributed by atoms with van der Waals surface area (Å²) in [4.78, 5) is 37.2. The largest absolute Gasteiger partial charge is 0.492 e. The fourth-order valence-electron chi connectivity index (χ4n) is 3.37. The zero-order valence-electron chi connectivity index (χ0n) is 20.2. The van der Waals surface area contributed by atoms with E-state index >= 15 is 0 Å². The van der Waals surface area contributed by atoms with Gasteiger partial charge in [0.25, 0.3) is 11.8 Å². The van der Waals surface area contributed by atoms with Crippen LogP contribution in [-0.4, -0.2) is 43.2 Å². The minimum absolute atomic E-state index is 0.0177. The average Bonchev–Trinajstić information content (AvgIpc) is 2.84. The first-order chi connectivity index (χ1) is 17.1. The summed E-state index contributed by atoms with van der Waals surface area (Å²) in [6.07, 6.45) is -0.261. The molecule has 0 atom stereocenters. The van der Waals surface area contributed by atoms with Crippen molar-refractivity contribution in [3.05, 3.63) is 71.3 Å². The normalized spacial score (nSPS) is 10.5. The third kappa shape index (κ3) is 5.84. The van der Waals surface area contributed by atoms with Gasteiger partial charge < -0.3 is 35.7 Å². The highest BCUT2D eigenvalue weighted by molar-refractivity contribution is 6.10. The van der Waals surface area contributed by atoms with Crippen molar-refractivity contribution in [2.75, 3.05) is 30.6 Å². The number of hydrogen-bond donors (Lipinski definition) is 4. The summed E-state index contributed by atoms with van der Waals surface area (Å²) in [5.41, 5.74) is 7.30. The number of nitrogens with one attached hydrogen (secondary N) is 2. The van der Waals surface area contributed by atoms with Crippen molar-refractivity contribution >= 4 is 34.8 Å². The van der Waals surface area contributed by atoms with Crippen molar-refractivity contribution in [1.82, 2.24) is 0 Å². The van der Waals surface area contributed by atoms with E-state index < -0.39 is 17.8 Å². The molecule has 10 nitrogen and oxygen atoms in total. The molecule has 3 rings (SSSR count). The van der Waals surface area contributed by atoms with Crippen molar-refractivity contribution in [3.63, 3.8) is 0 Å². The lowest BCUT2D eigenvalue weighted by molar-refractivity contribution is 0.0695. The molecule has 0 aliphatic carbocycles. The molecule has 36 heavy (non-hydrogen) atoms. The number of methoxy groups -OCH3 is 2. The number of rotatable bonds is 9. The molecule has 0 aromatic heterocycles. The number of nitrogens with two attached hydrogens (primary N) is 1. The zero-order valence-corrected chi connectivity index (χ0v) is 20.2. The number of ether oxygens (including phenoxy) is 3. The van der Waals surface area contributed by atoms with Crippen LogP contribution in [0.25, 0.3) is 0 Å². The predicted molar refractivity (Wildman–Crippen MR) is 135 cm³/mol. The molecular weight excluding hydrogens is 466 g/mol. The summed E-state index contributed by atoms with van der Waals surface area (Å²) in [5, 5.41) is 14.8. The topological polar surface area (TPSA) is 149 Å². The predicted octanol–water partition coefficient (Wildman–Crippen LogP) is 4.28.